The first-order valence-electron chi connectivity index (χ1n) is 11.0. The van der Waals surface area contributed by atoms with Gasteiger partial charge >= 0.3 is 0 Å². The van der Waals surface area contributed by atoms with Gasteiger partial charge in [-0.25, -0.2) is 4.98 Å². The molecule has 0 saturated heterocycles. The molecule has 0 fully saturated rings. The number of benzene rings is 2. The Labute approximate surface area is 179 Å². The van der Waals surface area contributed by atoms with E-state index in [1.54, 1.807) is 0 Å². The summed E-state index contributed by atoms with van der Waals surface area (Å²) in [4.78, 5) is 11.1. The zero-order valence-electron chi connectivity index (χ0n) is 18.0. The van der Waals surface area contributed by atoms with Gasteiger partial charge in [-0.15, -0.1) is 0 Å². The summed E-state index contributed by atoms with van der Waals surface area (Å²) in [6.45, 7) is 7.54. The van der Waals surface area contributed by atoms with Crippen molar-refractivity contribution in [2.75, 3.05) is 13.3 Å². The molecule has 0 radical (unpaired) electrons. The number of unbranched alkanes of at least 4 members (excludes halogenated alkanes) is 1. The summed E-state index contributed by atoms with van der Waals surface area (Å²) in [6, 6.07) is 16.6. The van der Waals surface area contributed by atoms with Crippen LogP contribution in [0.15, 0.2) is 48.5 Å². The maximum Gasteiger partial charge on any atom is 0.231 e. The fourth-order valence-corrected chi connectivity index (χ4v) is 3.91. The number of aromatic nitrogens is 2. The van der Waals surface area contributed by atoms with Crippen molar-refractivity contribution in [3.05, 3.63) is 65.5 Å². The molecule has 0 bridgehead atoms. The molecule has 0 saturated carbocycles. The van der Waals surface area contributed by atoms with Crippen LogP contribution in [0.4, 0.5) is 0 Å². The fraction of sp³-hybridized carbons (Fsp3) is 0.400. The highest BCUT2D eigenvalue weighted by molar-refractivity contribution is 5.55. The van der Waals surface area contributed by atoms with Gasteiger partial charge in [0.15, 0.2) is 11.5 Å². The van der Waals surface area contributed by atoms with Crippen molar-refractivity contribution >= 4 is 0 Å². The Hall–Kier alpha value is -2.79. The smallest absolute Gasteiger partial charge is 0.231 e. The van der Waals surface area contributed by atoms with Gasteiger partial charge in [0, 0.05) is 18.7 Å². The van der Waals surface area contributed by atoms with Gasteiger partial charge in [0.25, 0.3) is 0 Å². The average Bonchev–Trinajstić information content (AvgIpc) is 3.39. The summed E-state index contributed by atoms with van der Waals surface area (Å²) in [7, 11) is 0. The van der Waals surface area contributed by atoms with E-state index in [-0.39, 0.29) is 0 Å². The first kappa shape index (κ1) is 20.5. The molecule has 0 amide bonds. The Morgan fingerprint density at radius 3 is 2.60 bits per heavy atom. The van der Waals surface area contributed by atoms with Crippen molar-refractivity contribution < 1.29 is 9.47 Å². The van der Waals surface area contributed by atoms with Crippen LogP contribution in [0.5, 0.6) is 11.5 Å². The number of imidazole rings is 1. The second kappa shape index (κ2) is 9.81. The minimum atomic E-state index is 0.314. The minimum Gasteiger partial charge on any atom is -0.454 e. The summed E-state index contributed by atoms with van der Waals surface area (Å²) in [5, 5.41) is 0. The number of fused-ring (bicyclic) bond motifs is 1. The van der Waals surface area contributed by atoms with Gasteiger partial charge in [0.05, 0.1) is 11.4 Å². The van der Waals surface area contributed by atoms with E-state index >= 15 is 0 Å². The van der Waals surface area contributed by atoms with Crippen LogP contribution in [-0.2, 0) is 19.5 Å². The number of rotatable bonds is 10. The van der Waals surface area contributed by atoms with Crippen LogP contribution in [0.1, 0.15) is 50.1 Å². The van der Waals surface area contributed by atoms with Crippen molar-refractivity contribution in [1.82, 2.24) is 14.9 Å². The van der Waals surface area contributed by atoms with Crippen LogP contribution < -0.4 is 9.47 Å². The molecule has 1 N–H and O–H groups in total. The van der Waals surface area contributed by atoms with E-state index < -0.39 is 0 Å². The Kier molecular flexibility index (Phi) is 6.70. The van der Waals surface area contributed by atoms with Crippen molar-refractivity contribution in [3.8, 4) is 22.9 Å². The summed E-state index contributed by atoms with van der Waals surface area (Å²) >= 11 is 0. The summed E-state index contributed by atoms with van der Waals surface area (Å²) in [6.07, 6.45) is 4.44. The number of aryl methyl sites for hydroxylation is 1. The fourth-order valence-electron chi connectivity index (χ4n) is 3.91. The lowest BCUT2D eigenvalue weighted by Gasteiger charge is -2.22. The van der Waals surface area contributed by atoms with Gasteiger partial charge < -0.3 is 14.5 Å². The van der Waals surface area contributed by atoms with Gasteiger partial charge in [-0.3, -0.25) is 4.90 Å². The molecule has 4 rings (SSSR count). The van der Waals surface area contributed by atoms with E-state index in [2.05, 4.69) is 60.1 Å². The highest BCUT2D eigenvalue weighted by atomic mass is 16.7. The lowest BCUT2D eigenvalue weighted by Crippen LogP contribution is -2.24. The normalized spacial score (nSPS) is 12.6. The molecule has 0 atom stereocenters. The Balaban J connectivity index is 1.55. The number of H-pyrrole nitrogens is 1. The van der Waals surface area contributed by atoms with E-state index in [0.717, 1.165) is 61.8 Å². The highest BCUT2D eigenvalue weighted by Crippen LogP contribution is 2.33. The summed E-state index contributed by atoms with van der Waals surface area (Å²) in [5.74, 6) is 2.65. The topological polar surface area (TPSA) is 50.4 Å². The zero-order valence-corrected chi connectivity index (χ0v) is 18.0. The molecule has 1 aromatic heterocycles. The molecule has 2 aromatic carbocycles. The van der Waals surface area contributed by atoms with Gasteiger partial charge in [0.1, 0.15) is 5.82 Å². The Bertz CT molecular complexity index is 952. The van der Waals surface area contributed by atoms with Crippen LogP contribution in [0.3, 0.4) is 0 Å². The Morgan fingerprint density at radius 2 is 1.80 bits per heavy atom. The van der Waals surface area contributed by atoms with E-state index in [0.29, 0.717) is 6.79 Å². The average molecular weight is 406 g/mol. The minimum absolute atomic E-state index is 0.314. The number of ether oxygens (including phenoxy) is 2. The summed E-state index contributed by atoms with van der Waals surface area (Å²) < 4.78 is 11.0. The molecule has 30 heavy (non-hydrogen) atoms. The maximum atomic E-state index is 5.56. The number of hydrogen-bond acceptors (Lipinski definition) is 4. The molecular weight excluding hydrogens is 374 g/mol. The molecule has 2 heterocycles. The van der Waals surface area contributed by atoms with Crippen molar-refractivity contribution in [2.45, 2.75) is 52.6 Å². The van der Waals surface area contributed by atoms with Gasteiger partial charge in [0.2, 0.25) is 6.79 Å². The van der Waals surface area contributed by atoms with Gasteiger partial charge in [-0.2, -0.15) is 0 Å². The molecule has 1 aliphatic rings. The lowest BCUT2D eigenvalue weighted by molar-refractivity contribution is 0.174. The molecule has 0 unspecified atom stereocenters. The predicted molar refractivity (Wildman–Crippen MR) is 120 cm³/mol. The highest BCUT2D eigenvalue weighted by Gasteiger charge is 2.17. The van der Waals surface area contributed by atoms with E-state index in [1.165, 1.54) is 23.4 Å². The van der Waals surface area contributed by atoms with E-state index in [9.17, 15) is 0 Å². The largest absolute Gasteiger partial charge is 0.454 e. The van der Waals surface area contributed by atoms with Crippen LogP contribution >= 0.6 is 0 Å². The third-order valence-electron chi connectivity index (χ3n) is 5.44. The zero-order chi connectivity index (χ0) is 20.8. The molecule has 5 nitrogen and oxygen atoms in total. The van der Waals surface area contributed by atoms with Crippen LogP contribution in [0.25, 0.3) is 11.4 Å². The third kappa shape index (κ3) is 4.85. The summed E-state index contributed by atoms with van der Waals surface area (Å²) in [5.41, 5.74) is 4.81. The molecule has 0 spiro atoms. The molecular formula is C25H31N3O2. The van der Waals surface area contributed by atoms with Crippen LogP contribution in [0, 0.1) is 0 Å². The van der Waals surface area contributed by atoms with Crippen molar-refractivity contribution in [1.29, 1.82) is 0 Å². The molecule has 1 aliphatic heterocycles. The lowest BCUT2D eigenvalue weighted by atomic mass is 10.1. The van der Waals surface area contributed by atoms with Crippen LogP contribution in [0.2, 0.25) is 0 Å². The predicted octanol–water partition coefficient (Wildman–Crippen LogP) is 5.56. The first-order chi connectivity index (χ1) is 14.8. The maximum absolute atomic E-state index is 5.56. The number of hydrogen-bond donors (Lipinski definition) is 1. The first-order valence-corrected chi connectivity index (χ1v) is 11.0. The van der Waals surface area contributed by atoms with E-state index in [1.807, 2.05) is 12.1 Å². The van der Waals surface area contributed by atoms with Crippen LogP contribution in [-0.4, -0.2) is 28.2 Å². The monoisotopic (exact) mass is 405 g/mol. The molecule has 0 aliphatic carbocycles. The molecule has 3 aromatic rings. The third-order valence-corrected chi connectivity index (χ3v) is 5.44. The molecule has 158 valence electrons. The van der Waals surface area contributed by atoms with Crippen molar-refractivity contribution in [3.63, 3.8) is 0 Å². The standard InChI is InChI=1S/C25H31N3O2/c1-3-5-11-21-22(27-25(26-21)20-9-7-6-8-10-20)17-28(14-4-2)16-19-12-13-23-24(15-19)30-18-29-23/h6-10,12-13,15H,3-5,11,14,16-18H2,1-2H3,(H,26,27). The quantitative estimate of drug-likeness (QED) is 0.480. The number of aromatic amines is 1. The van der Waals surface area contributed by atoms with Crippen molar-refractivity contribution in [2.24, 2.45) is 0 Å². The van der Waals surface area contributed by atoms with E-state index in [4.69, 9.17) is 14.5 Å². The second-order valence-corrected chi connectivity index (χ2v) is 7.88. The SMILES string of the molecule is CCCCc1nc(-c2ccccc2)[nH]c1CN(CCC)Cc1ccc2c(c1)OCO2. The second-order valence-electron chi connectivity index (χ2n) is 7.88. The number of nitrogens with zero attached hydrogens (tertiary/aromatic N) is 2. The molecule has 5 heteroatoms. The number of nitrogens with one attached hydrogen (secondary N) is 1. The van der Waals surface area contributed by atoms with Gasteiger partial charge in [-0.05, 0) is 43.5 Å². The Morgan fingerprint density at radius 1 is 0.967 bits per heavy atom. The van der Waals surface area contributed by atoms with Gasteiger partial charge in [-0.1, -0.05) is 56.7 Å².